The molecule has 1 aliphatic heterocycles. The zero-order chi connectivity index (χ0) is 29.7. The molecule has 0 amide bonds. The van der Waals surface area contributed by atoms with E-state index in [1.165, 1.54) is 44.5 Å². The molecule has 5 nitrogen and oxygen atoms in total. The Bertz CT molecular complexity index is 1200. The molecule has 0 saturated carbocycles. The SMILES string of the molecule is C#C.C=C(C)N1c2c(C)c(CC)c(-c3ccc(Cl)cc3)c3cc(C)n(c23)C[C@@H]1C.CC(C)C.CO.O=CO. The topological polar surface area (TPSA) is 65.7 Å². The molecule has 0 saturated heterocycles. The van der Waals surface area contributed by atoms with Crippen molar-refractivity contribution in [1.29, 1.82) is 0 Å². The molecule has 6 heteroatoms. The van der Waals surface area contributed by atoms with E-state index in [0.29, 0.717) is 6.04 Å². The first-order valence-electron chi connectivity index (χ1n) is 12.7. The molecule has 38 heavy (non-hydrogen) atoms. The van der Waals surface area contributed by atoms with Gasteiger partial charge >= 0.3 is 0 Å². The van der Waals surface area contributed by atoms with Crippen molar-refractivity contribution in [3.8, 4) is 24.0 Å². The molecule has 3 aromatic rings. The number of carbonyl (C=O) groups is 1. The van der Waals surface area contributed by atoms with Gasteiger partial charge in [-0.15, -0.1) is 12.8 Å². The van der Waals surface area contributed by atoms with Crippen molar-refractivity contribution < 1.29 is 15.0 Å². The Hall–Kier alpha value is -3.20. The molecule has 1 aliphatic rings. The number of hydrogen-bond donors (Lipinski definition) is 2. The van der Waals surface area contributed by atoms with Gasteiger partial charge in [0.1, 0.15) is 0 Å². The number of aliphatic hydroxyl groups excluding tert-OH is 1. The highest BCUT2D eigenvalue weighted by Gasteiger charge is 2.31. The average molecular weight is 541 g/mol. The van der Waals surface area contributed by atoms with Crippen molar-refractivity contribution in [2.24, 2.45) is 5.92 Å². The summed E-state index contributed by atoms with van der Waals surface area (Å²) in [6.07, 6.45) is 9.00. The number of allylic oxidation sites excluding steroid dienone is 1. The van der Waals surface area contributed by atoms with Gasteiger partial charge in [-0.1, -0.05) is 58.0 Å². The normalized spacial score (nSPS) is 13.0. The Morgan fingerprint density at radius 2 is 1.66 bits per heavy atom. The van der Waals surface area contributed by atoms with Gasteiger partial charge in [-0.2, -0.15) is 0 Å². The second-order valence-corrected chi connectivity index (χ2v) is 10.1. The second-order valence-electron chi connectivity index (χ2n) is 9.64. The fourth-order valence-corrected chi connectivity index (χ4v) is 4.97. The molecule has 0 aliphatic carbocycles. The Labute approximate surface area is 234 Å². The number of halogens is 1. The molecular weight excluding hydrogens is 496 g/mol. The number of anilines is 1. The number of aryl methyl sites for hydroxylation is 1. The molecule has 4 rings (SSSR count). The number of nitrogens with zero attached hydrogens (tertiary/aromatic N) is 2. The third-order valence-corrected chi connectivity index (χ3v) is 6.19. The van der Waals surface area contributed by atoms with E-state index in [-0.39, 0.29) is 6.47 Å². The van der Waals surface area contributed by atoms with Gasteiger partial charge in [-0.25, -0.2) is 0 Å². The van der Waals surface area contributed by atoms with Crippen molar-refractivity contribution >= 4 is 34.7 Å². The van der Waals surface area contributed by atoms with Gasteiger partial charge in [-0.3, -0.25) is 4.79 Å². The van der Waals surface area contributed by atoms with Crippen LogP contribution in [-0.2, 0) is 17.8 Å². The number of aromatic nitrogens is 1. The average Bonchev–Trinajstić information content (AvgIpc) is 3.19. The molecule has 2 N–H and O–H groups in total. The molecule has 1 aromatic heterocycles. The van der Waals surface area contributed by atoms with Crippen molar-refractivity contribution in [1.82, 2.24) is 4.57 Å². The number of carboxylic acid groups (broad SMARTS) is 1. The van der Waals surface area contributed by atoms with Gasteiger partial charge in [-0.05, 0) is 80.5 Å². The summed E-state index contributed by atoms with van der Waals surface area (Å²) in [6.45, 7) is 22.7. The van der Waals surface area contributed by atoms with Crippen LogP contribution in [0.1, 0.15) is 58.4 Å². The highest BCUT2D eigenvalue weighted by molar-refractivity contribution is 6.30. The molecule has 0 radical (unpaired) electrons. The Morgan fingerprint density at radius 1 is 1.18 bits per heavy atom. The predicted octanol–water partition coefficient (Wildman–Crippen LogP) is 8.10. The maximum Gasteiger partial charge on any atom is 0.290 e. The minimum Gasteiger partial charge on any atom is -0.483 e. The van der Waals surface area contributed by atoms with Gasteiger partial charge in [0.25, 0.3) is 6.47 Å². The zero-order valence-electron chi connectivity index (χ0n) is 24.5. The molecule has 2 aromatic carbocycles. The van der Waals surface area contributed by atoms with Crippen LogP contribution >= 0.6 is 11.6 Å². The van der Waals surface area contributed by atoms with E-state index in [2.05, 4.69) is 102 Å². The zero-order valence-corrected chi connectivity index (χ0v) is 25.2. The minimum absolute atomic E-state index is 0.250. The maximum atomic E-state index is 8.36. The Kier molecular flexibility index (Phi) is 15.2. The van der Waals surface area contributed by atoms with E-state index in [9.17, 15) is 0 Å². The number of benzene rings is 2. The molecule has 0 spiro atoms. The Morgan fingerprint density at radius 3 is 2.08 bits per heavy atom. The molecule has 0 unspecified atom stereocenters. The molecule has 208 valence electrons. The maximum absolute atomic E-state index is 8.36. The quantitative estimate of drug-likeness (QED) is 0.260. The lowest BCUT2D eigenvalue weighted by Crippen LogP contribution is -2.39. The van der Waals surface area contributed by atoms with Crippen LogP contribution in [0.5, 0.6) is 0 Å². The van der Waals surface area contributed by atoms with E-state index in [1.54, 1.807) is 0 Å². The summed E-state index contributed by atoms with van der Waals surface area (Å²) in [6, 6.07) is 11.0. The van der Waals surface area contributed by atoms with Crippen LogP contribution in [0.2, 0.25) is 5.02 Å². The highest BCUT2D eigenvalue weighted by Crippen LogP contribution is 2.46. The number of aliphatic hydroxyl groups is 1. The first-order chi connectivity index (χ1) is 18.0. The van der Waals surface area contributed by atoms with Gasteiger partial charge < -0.3 is 19.7 Å². The minimum atomic E-state index is -0.250. The lowest BCUT2D eigenvalue weighted by Gasteiger charge is -2.39. The van der Waals surface area contributed by atoms with Crippen molar-refractivity contribution in [2.45, 2.75) is 74.4 Å². The van der Waals surface area contributed by atoms with Gasteiger partial charge in [0, 0.05) is 41.5 Å². The van der Waals surface area contributed by atoms with E-state index in [4.69, 9.17) is 26.6 Å². The predicted molar refractivity (Wildman–Crippen MR) is 165 cm³/mol. The summed E-state index contributed by atoms with van der Waals surface area (Å²) >= 11 is 6.16. The lowest BCUT2D eigenvalue weighted by atomic mass is 9.88. The van der Waals surface area contributed by atoms with Crippen molar-refractivity contribution in [3.05, 3.63) is 64.5 Å². The van der Waals surface area contributed by atoms with Crippen LogP contribution in [-0.4, -0.2) is 34.4 Å². The standard InChI is InChI=1S/C24H27ClN2.C4H10.C2H2.CH2O2.CH4O/c1-7-20-17(6)23-24-21(22(20)18-8-10-19(25)11-9-18)12-15(4)26(24)13-16(5)27(23)14(2)3;1-4(2)3;1-2;2-1-3;1-2/h8-12,16H,2,7,13H2,1,3-6H3;4H,1-3H3;1-2H;1H,(H,2,3);2H,1H3/t16-;;;;/m0..../s1. The van der Waals surface area contributed by atoms with E-state index < -0.39 is 0 Å². The van der Waals surface area contributed by atoms with Gasteiger partial charge in [0.05, 0.1) is 11.2 Å². The number of rotatable bonds is 3. The summed E-state index contributed by atoms with van der Waals surface area (Å²) in [5.41, 5.74) is 10.5. The first-order valence-corrected chi connectivity index (χ1v) is 13.1. The van der Waals surface area contributed by atoms with Gasteiger partial charge in [0.15, 0.2) is 0 Å². The highest BCUT2D eigenvalue weighted by atomic mass is 35.5. The smallest absolute Gasteiger partial charge is 0.290 e. The molecule has 0 bridgehead atoms. The molecule has 0 fully saturated rings. The van der Waals surface area contributed by atoms with Crippen LogP contribution in [0.4, 0.5) is 5.69 Å². The van der Waals surface area contributed by atoms with Crippen LogP contribution in [0.3, 0.4) is 0 Å². The summed E-state index contributed by atoms with van der Waals surface area (Å²) < 4.78 is 2.49. The molecule has 2 heterocycles. The number of terminal acetylenes is 1. The van der Waals surface area contributed by atoms with Crippen LogP contribution in [0.25, 0.3) is 22.0 Å². The van der Waals surface area contributed by atoms with Crippen molar-refractivity contribution in [2.75, 3.05) is 12.0 Å². The van der Waals surface area contributed by atoms with E-state index in [0.717, 1.165) is 36.7 Å². The summed E-state index contributed by atoms with van der Waals surface area (Å²) in [4.78, 5) is 10.8. The van der Waals surface area contributed by atoms with Crippen LogP contribution < -0.4 is 4.90 Å². The molecular formula is C32H45ClN2O3. The fraction of sp³-hybridized carbons (Fsp3) is 0.406. The number of hydrogen-bond acceptors (Lipinski definition) is 3. The second kappa shape index (κ2) is 16.6. The molecule has 1 atom stereocenters. The van der Waals surface area contributed by atoms with E-state index in [1.807, 2.05) is 12.1 Å². The van der Waals surface area contributed by atoms with Crippen LogP contribution in [0.15, 0.2) is 42.6 Å². The largest absolute Gasteiger partial charge is 0.483 e. The Balaban J connectivity index is 0.00000108. The van der Waals surface area contributed by atoms with Crippen molar-refractivity contribution in [3.63, 3.8) is 0 Å². The summed E-state index contributed by atoms with van der Waals surface area (Å²) in [7, 11) is 1.00. The lowest BCUT2D eigenvalue weighted by molar-refractivity contribution is -0.122. The monoisotopic (exact) mass is 540 g/mol. The van der Waals surface area contributed by atoms with Crippen LogP contribution in [0, 0.1) is 32.6 Å². The summed E-state index contributed by atoms with van der Waals surface area (Å²) in [5.74, 6) is 0.833. The third-order valence-electron chi connectivity index (χ3n) is 5.93. The summed E-state index contributed by atoms with van der Waals surface area (Å²) in [5, 5.41) is 16.0. The first kappa shape index (κ1) is 34.8. The fourth-order valence-electron chi connectivity index (χ4n) is 4.85. The van der Waals surface area contributed by atoms with Gasteiger partial charge in [0.2, 0.25) is 0 Å². The van der Waals surface area contributed by atoms with E-state index >= 15 is 0 Å². The third kappa shape index (κ3) is 7.90.